The predicted octanol–water partition coefficient (Wildman–Crippen LogP) is 12.0. The number of hydrogen-bond donors (Lipinski definition) is 0. The fourth-order valence-electron chi connectivity index (χ4n) is 6.56. The van der Waals surface area contributed by atoms with E-state index in [-0.39, 0.29) is 46.8 Å². The zero-order valence-corrected chi connectivity index (χ0v) is 23.0. The van der Waals surface area contributed by atoms with Gasteiger partial charge in [0.25, 0.3) is 0 Å². The van der Waals surface area contributed by atoms with E-state index in [1.54, 1.807) is 0 Å². The SMILES string of the molecule is [2H]c1c([2H])c([2H])c2c(oc3c([2H])c(-c4c5ccccc5c(-c5cccc6ccccc56)c5ccccc45)c([2H])c(-c4ccccc4)c32)c1[2H]. The molecule has 0 spiro atoms. The van der Waals surface area contributed by atoms with Gasteiger partial charge in [-0.15, -0.1) is 0 Å². The van der Waals surface area contributed by atoms with Crippen LogP contribution in [0, 0.1) is 0 Å². The second-order valence-electron chi connectivity index (χ2n) is 10.7. The molecular weight excluding hydrogens is 520 g/mol. The van der Waals surface area contributed by atoms with E-state index in [0.29, 0.717) is 22.1 Å². The molecule has 0 aliphatic heterocycles. The molecule has 0 aliphatic carbocycles. The van der Waals surface area contributed by atoms with Gasteiger partial charge < -0.3 is 4.42 Å². The Morgan fingerprint density at radius 1 is 0.419 bits per heavy atom. The highest BCUT2D eigenvalue weighted by Crippen LogP contribution is 2.47. The summed E-state index contributed by atoms with van der Waals surface area (Å²) in [5.74, 6) is 0. The van der Waals surface area contributed by atoms with Crippen LogP contribution in [0.5, 0.6) is 0 Å². The van der Waals surface area contributed by atoms with Gasteiger partial charge in [-0.25, -0.2) is 0 Å². The highest BCUT2D eigenvalue weighted by atomic mass is 16.3. The summed E-state index contributed by atoms with van der Waals surface area (Å²) >= 11 is 0. The van der Waals surface area contributed by atoms with Gasteiger partial charge in [0.15, 0.2) is 0 Å². The Hall–Kier alpha value is -5.66. The average molecular weight is 553 g/mol. The molecule has 0 saturated carbocycles. The van der Waals surface area contributed by atoms with Crippen LogP contribution in [-0.2, 0) is 0 Å². The second-order valence-corrected chi connectivity index (χ2v) is 10.7. The first-order valence-electron chi connectivity index (χ1n) is 17.3. The summed E-state index contributed by atoms with van der Waals surface area (Å²) in [6, 6.07) is 39.0. The van der Waals surface area contributed by atoms with E-state index in [2.05, 4.69) is 48.5 Å². The first-order valence-corrected chi connectivity index (χ1v) is 14.3. The van der Waals surface area contributed by atoms with E-state index in [0.717, 1.165) is 49.0 Å². The molecule has 9 rings (SSSR count). The smallest absolute Gasteiger partial charge is 0.136 e. The van der Waals surface area contributed by atoms with E-state index in [4.69, 9.17) is 9.90 Å². The first-order chi connectivity index (χ1) is 23.9. The van der Waals surface area contributed by atoms with Crippen molar-refractivity contribution in [3.05, 3.63) is 158 Å². The molecule has 1 aromatic heterocycles. The van der Waals surface area contributed by atoms with E-state index in [9.17, 15) is 2.74 Å². The zero-order chi connectivity index (χ0) is 33.6. The summed E-state index contributed by atoms with van der Waals surface area (Å²) in [6.45, 7) is 0. The van der Waals surface area contributed by atoms with Crippen LogP contribution in [0.25, 0.3) is 87.6 Å². The van der Waals surface area contributed by atoms with Crippen molar-refractivity contribution in [2.45, 2.75) is 0 Å². The van der Waals surface area contributed by atoms with Crippen molar-refractivity contribution in [3.8, 4) is 33.4 Å². The first kappa shape index (κ1) is 18.7. The van der Waals surface area contributed by atoms with E-state index < -0.39 is 6.04 Å². The van der Waals surface area contributed by atoms with Crippen molar-refractivity contribution < 1.29 is 12.6 Å². The van der Waals surface area contributed by atoms with Gasteiger partial charge in [-0.3, -0.25) is 0 Å². The van der Waals surface area contributed by atoms with Crippen LogP contribution in [0.1, 0.15) is 8.22 Å². The lowest BCUT2D eigenvalue weighted by atomic mass is 9.84. The number of para-hydroxylation sites is 1. The quantitative estimate of drug-likeness (QED) is 0.199. The maximum atomic E-state index is 9.90. The van der Waals surface area contributed by atoms with Crippen LogP contribution in [0.4, 0.5) is 0 Å². The summed E-state index contributed by atoms with van der Waals surface area (Å²) in [5.41, 5.74) is 4.51. The molecule has 0 saturated heterocycles. The number of rotatable bonds is 3. The lowest BCUT2D eigenvalue weighted by Crippen LogP contribution is -1.92. The normalized spacial score (nSPS) is 13.7. The molecule has 0 fully saturated rings. The number of fused-ring (bicyclic) bond motifs is 6. The van der Waals surface area contributed by atoms with Crippen LogP contribution in [0.3, 0.4) is 0 Å². The summed E-state index contributed by atoms with van der Waals surface area (Å²) in [6.07, 6.45) is 0. The van der Waals surface area contributed by atoms with Gasteiger partial charge in [0.2, 0.25) is 0 Å². The van der Waals surface area contributed by atoms with Gasteiger partial charge in [0.05, 0.1) is 8.22 Å². The summed E-state index contributed by atoms with van der Waals surface area (Å²) in [7, 11) is 0. The maximum Gasteiger partial charge on any atom is 0.136 e. The predicted molar refractivity (Wildman–Crippen MR) is 183 cm³/mol. The molecule has 1 heterocycles. The molecule has 0 atom stereocenters. The standard InChI is InChI=1S/C42H26O/c1-2-13-28(14-3-1)37-25-29(26-39-42(37)36-22-10-11-24-38(36)43-39)40-32-18-6-8-20-34(32)41(35-21-9-7-19-33(35)40)31-23-12-16-27-15-4-5-17-30(27)31/h1-26H/i10D,11D,22D,24D,25D,26D. The Balaban J connectivity index is 1.50. The van der Waals surface area contributed by atoms with Crippen molar-refractivity contribution in [3.63, 3.8) is 0 Å². The molecular formula is C42H26O. The van der Waals surface area contributed by atoms with Crippen LogP contribution in [-0.4, -0.2) is 0 Å². The Morgan fingerprint density at radius 3 is 1.77 bits per heavy atom. The van der Waals surface area contributed by atoms with Crippen LogP contribution in [0.2, 0.25) is 0 Å². The lowest BCUT2D eigenvalue weighted by Gasteiger charge is -2.19. The van der Waals surface area contributed by atoms with Gasteiger partial charge in [-0.05, 0) is 83.8 Å². The fraction of sp³-hybridized carbons (Fsp3) is 0. The molecule has 0 amide bonds. The van der Waals surface area contributed by atoms with Crippen molar-refractivity contribution >= 4 is 54.3 Å². The fourth-order valence-corrected chi connectivity index (χ4v) is 6.56. The molecule has 0 aliphatic rings. The number of furan rings is 1. The highest BCUT2D eigenvalue weighted by molar-refractivity contribution is 6.24. The molecule has 9 aromatic rings. The van der Waals surface area contributed by atoms with Gasteiger partial charge in [0, 0.05) is 10.8 Å². The van der Waals surface area contributed by atoms with Gasteiger partial charge in [0.1, 0.15) is 11.2 Å². The largest absolute Gasteiger partial charge is 0.456 e. The van der Waals surface area contributed by atoms with Gasteiger partial charge >= 0.3 is 0 Å². The molecule has 0 radical (unpaired) electrons. The monoisotopic (exact) mass is 552 g/mol. The molecule has 0 N–H and O–H groups in total. The third-order valence-electron chi connectivity index (χ3n) is 8.38. The second kappa shape index (κ2) is 9.44. The van der Waals surface area contributed by atoms with E-state index in [1.807, 2.05) is 72.8 Å². The molecule has 0 bridgehead atoms. The lowest BCUT2D eigenvalue weighted by molar-refractivity contribution is 0.669. The minimum Gasteiger partial charge on any atom is -0.456 e. The van der Waals surface area contributed by atoms with Crippen molar-refractivity contribution in [1.82, 2.24) is 0 Å². The van der Waals surface area contributed by atoms with Gasteiger partial charge in [-0.2, -0.15) is 0 Å². The third-order valence-corrected chi connectivity index (χ3v) is 8.38. The van der Waals surface area contributed by atoms with Crippen LogP contribution < -0.4 is 0 Å². The molecule has 0 unspecified atom stereocenters. The van der Waals surface area contributed by atoms with Crippen LogP contribution in [0.15, 0.2) is 162 Å². The maximum absolute atomic E-state index is 9.90. The third kappa shape index (κ3) is 3.65. The average Bonchev–Trinajstić information content (AvgIpc) is 3.54. The zero-order valence-electron chi connectivity index (χ0n) is 29.0. The van der Waals surface area contributed by atoms with E-state index in [1.165, 1.54) is 0 Å². The Labute approximate surface area is 257 Å². The minimum atomic E-state index is -0.406. The molecule has 43 heavy (non-hydrogen) atoms. The number of hydrogen-bond acceptors (Lipinski definition) is 1. The summed E-state index contributed by atoms with van der Waals surface area (Å²) in [5, 5.41) is 6.51. The summed E-state index contributed by atoms with van der Waals surface area (Å²) < 4.78 is 60.2. The minimum absolute atomic E-state index is 0.0238. The molecule has 1 heteroatoms. The van der Waals surface area contributed by atoms with Crippen molar-refractivity contribution in [2.24, 2.45) is 0 Å². The molecule has 8 aromatic carbocycles. The topological polar surface area (TPSA) is 13.1 Å². The Kier molecular flexibility index (Phi) is 4.11. The van der Waals surface area contributed by atoms with Gasteiger partial charge in [-0.1, -0.05) is 139 Å². The Bertz CT molecular complexity index is 2780. The van der Waals surface area contributed by atoms with Crippen molar-refractivity contribution in [1.29, 1.82) is 0 Å². The number of benzene rings is 8. The Morgan fingerprint density at radius 2 is 1.02 bits per heavy atom. The molecule has 1 nitrogen and oxygen atoms in total. The van der Waals surface area contributed by atoms with Crippen molar-refractivity contribution in [2.75, 3.05) is 0 Å². The van der Waals surface area contributed by atoms with E-state index >= 15 is 0 Å². The highest BCUT2D eigenvalue weighted by Gasteiger charge is 2.20. The molecule has 200 valence electrons. The van der Waals surface area contributed by atoms with Crippen LogP contribution >= 0.6 is 0 Å². The summed E-state index contributed by atoms with van der Waals surface area (Å²) in [4.78, 5) is 0.